The van der Waals surface area contributed by atoms with Crippen molar-refractivity contribution in [2.45, 2.75) is 17.0 Å². The summed E-state index contributed by atoms with van der Waals surface area (Å²) in [4.78, 5) is 20.8. The van der Waals surface area contributed by atoms with E-state index >= 15 is 0 Å². The number of benzene rings is 2. The van der Waals surface area contributed by atoms with Crippen LogP contribution in [0.2, 0.25) is 0 Å². The average Bonchev–Trinajstić information content (AvgIpc) is 2.48. The Labute approximate surface area is 132 Å². The number of fused-ring (bicyclic) bond motifs is 1. The highest BCUT2D eigenvalue weighted by atomic mass is 32.2. The van der Waals surface area contributed by atoms with E-state index in [9.17, 15) is 4.79 Å². The van der Waals surface area contributed by atoms with E-state index < -0.39 is 0 Å². The molecule has 22 heavy (non-hydrogen) atoms. The van der Waals surface area contributed by atoms with Gasteiger partial charge in [0.05, 0.1) is 5.52 Å². The van der Waals surface area contributed by atoms with E-state index in [-0.39, 0.29) is 5.91 Å². The molecule has 1 amide bonds. The second kappa shape index (κ2) is 6.03. The van der Waals surface area contributed by atoms with Crippen LogP contribution in [0.15, 0.2) is 58.7 Å². The van der Waals surface area contributed by atoms with E-state index in [4.69, 9.17) is 5.73 Å². The third kappa shape index (κ3) is 3.35. The fraction of sp³-hybridized carbons (Fsp3) is 0.0625. The van der Waals surface area contributed by atoms with Crippen LogP contribution in [0.4, 0.5) is 11.4 Å². The van der Waals surface area contributed by atoms with E-state index in [0.717, 1.165) is 21.5 Å². The normalized spacial score (nSPS) is 10.6. The molecule has 0 unspecified atom stereocenters. The van der Waals surface area contributed by atoms with E-state index in [1.165, 1.54) is 18.7 Å². The molecular weight excluding hydrogens is 296 g/mol. The smallest absolute Gasteiger partial charge is 0.221 e. The lowest BCUT2D eigenvalue weighted by Gasteiger charge is -2.05. The molecule has 6 heteroatoms. The van der Waals surface area contributed by atoms with Crippen LogP contribution in [0.5, 0.6) is 0 Å². The summed E-state index contributed by atoms with van der Waals surface area (Å²) < 4.78 is 0. The Morgan fingerprint density at radius 3 is 2.68 bits per heavy atom. The zero-order chi connectivity index (χ0) is 15.5. The number of carbonyl (C=O) groups excluding carboxylic acids is 1. The Hall–Kier alpha value is -2.60. The maximum Gasteiger partial charge on any atom is 0.221 e. The summed E-state index contributed by atoms with van der Waals surface area (Å²) in [5, 5.41) is 4.35. The first-order chi connectivity index (χ1) is 10.6. The Bertz CT molecular complexity index is 833. The van der Waals surface area contributed by atoms with Gasteiger partial charge in [-0.05, 0) is 54.2 Å². The highest BCUT2D eigenvalue weighted by Crippen LogP contribution is 2.27. The fourth-order valence-corrected chi connectivity index (χ4v) is 2.72. The second-order valence-electron chi connectivity index (χ2n) is 4.78. The first kappa shape index (κ1) is 14.3. The molecule has 1 heterocycles. The maximum atomic E-state index is 11.0. The third-order valence-electron chi connectivity index (χ3n) is 2.97. The molecule has 0 aliphatic rings. The van der Waals surface area contributed by atoms with Gasteiger partial charge in [-0.3, -0.25) is 4.79 Å². The van der Waals surface area contributed by atoms with E-state index in [2.05, 4.69) is 15.3 Å². The summed E-state index contributed by atoms with van der Waals surface area (Å²) in [6.45, 7) is 1.48. The summed E-state index contributed by atoms with van der Waals surface area (Å²) in [7, 11) is 0. The third-order valence-corrected chi connectivity index (χ3v) is 3.86. The molecule has 110 valence electrons. The van der Waals surface area contributed by atoms with Crippen LogP contribution in [-0.2, 0) is 4.79 Å². The lowest BCUT2D eigenvalue weighted by atomic mass is 10.2. The molecule has 5 nitrogen and oxygen atoms in total. The number of hydrogen-bond donors (Lipinski definition) is 2. The van der Waals surface area contributed by atoms with Crippen LogP contribution in [-0.4, -0.2) is 15.9 Å². The Morgan fingerprint density at radius 1 is 1.18 bits per heavy atom. The Morgan fingerprint density at radius 2 is 1.95 bits per heavy atom. The molecule has 3 N–H and O–H groups in total. The van der Waals surface area contributed by atoms with Gasteiger partial charge in [-0.1, -0.05) is 0 Å². The standard InChI is InChI=1S/C16H14N4OS/c1-10(21)19-13-4-6-14(7-5-13)22-16-18-9-11-2-3-12(17)8-15(11)20-16/h2-9H,17H2,1H3,(H,19,21). The minimum Gasteiger partial charge on any atom is -0.399 e. The fourth-order valence-electron chi connectivity index (χ4n) is 1.99. The first-order valence-corrected chi connectivity index (χ1v) is 7.49. The number of nitrogens with zero attached hydrogens (tertiary/aromatic N) is 2. The molecular formula is C16H14N4OS. The van der Waals surface area contributed by atoms with Crippen molar-refractivity contribution in [2.75, 3.05) is 11.1 Å². The number of anilines is 2. The first-order valence-electron chi connectivity index (χ1n) is 6.68. The Balaban J connectivity index is 1.81. The number of nitrogen functional groups attached to an aromatic ring is 1. The lowest BCUT2D eigenvalue weighted by molar-refractivity contribution is -0.114. The summed E-state index contributed by atoms with van der Waals surface area (Å²) in [5.74, 6) is -0.0872. The number of hydrogen-bond acceptors (Lipinski definition) is 5. The van der Waals surface area contributed by atoms with Crippen LogP contribution < -0.4 is 11.1 Å². The van der Waals surface area contributed by atoms with Crippen LogP contribution in [0, 0.1) is 0 Å². The van der Waals surface area contributed by atoms with Crippen molar-refractivity contribution >= 4 is 39.9 Å². The quantitative estimate of drug-likeness (QED) is 0.573. The SMILES string of the molecule is CC(=O)Nc1ccc(Sc2ncc3ccc(N)cc3n2)cc1. The molecule has 0 saturated carbocycles. The highest BCUT2D eigenvalue weighted by Gasteiger charge is 2.04. The molecule has 0 saturated heterocycles. The molecule has 0 aliphatic carbocycles. The number of aromatic nitrogens is 2. The minimum atomic E-state index is -0.0872. The molecule has 0 spiro atoms. The van der Waals surface area contributed by atoms with Gasteiger partial charge in [0.1, 0.15) is 0 Å². The van der Waals surface area contributed by atoms with Crippen molar-refractivity contribution in [2.24, 2.45) is 0 Å². The van der Waals surface area contributed by atoms with Crippen molar-refractivity contribution < 1.29 is 4.79 Å². The highest BCUT2D eigenvalue weighted by molar-refractivity contribution is 7.99. The van der Waals surface area contributed by atoms with Crippen molar-refractivity contribution in [3.05, 3.63) is 48.7 Å². The van der Waals surface area contributed by atoms with Gasteiger partial charge in [-0.2, -0.15) is 0 Å². The molecule has 0 radical (unpaired) electrons. The monoisotopic (exact) mass is 310 g/mol. The zero-order valence-electron chi connectivity index (χ0n) is 11.9. The summed E-state index contributed by atoms with van der Waals surface area (Å²) in [5.41, 5.74) is 8.06. The summed E-state index contributed by atoms with van der Waals surface area (Å²) >= 11 is 1.46. The molecule has 0 fully saturated rings. The van der Waals surface area contributed by atoms with E-state index in [1.807, 2.05) is 42.5 Å². The number of amides is 1. The van der Waals surface area contributed by atoms with Crippen LogP contribution >= 0.6 is 11.8 Å². The van der Waals surface area contributed by atoms with Gasteiger partial charge in [0.25, 0.3) is 0 Å². The van der Waals surface area contributed by atoms with Gasteiger partial charge in [0, 0.05) is 34.8 Å². The molecule has 2 aromatic carbocycles. The van der Waals surface area contributed by atoms with Gasteiger partial charge < -0.3 is 11.1 Å². The minimum absolute atomic E-state index is 0.0872. The molecule has 0 bridgehead atoms. The molecule has 1 aromatic heterocycles. The molecule has 3 rings (SSSR count). The van der Waals surface area contributed by atoms with Crippen molar-refractivity contribution in [3.8, 4) is 0 Å². The van der Waals surface area contributed by atoms with Crippen molar-refractivity contribution in [1.29, 1.82) is 0 Å². The van der Waals surface area contributed by atoms with E-state index in [1.54, 1.807) is 6.20 Å². The average molecular weight is 310 g/mol. The number of nitrogens with two attached hydrogens (primary N) is 1. The van der Waals surface area contributed by atoms with E-state index in [0.29, 0.717) is 10.8 Å². The van der Waals surface area contributed by atoms with Crippen LogP contribution in [0.1, 0.15) is 6.92 Å². The van der Waals surface area contributed by atoms with Gasteiger partial charge in [0.15, 0.2) is 5.16 Å². The van der Waals surface area contributed by atoms with Gasteiger partial charge >= 0.3 is 0 Å². The molecule has 0 atom stereocenters. The van der Waals surface area contributed by atoms with Crippen molar-refractivity contribution in [1.82, 2.24) is 9.97 Å². The van der Waals surface area contributed by atoms with Crippen LogP contribution in [0.25, 0.3) is 10.9 Å². The molecule has 3 aromatic rings. The maximum absolute atomic E-state index is 11.0. The molecule has 0 aliphatic heterocycles. The van der Waals surface area contributed by atoms with Crippen LogP contribution in [0.3, 0.4) is 0 Å². The number of rotatable bonds is 3. The zero-order valence-corrected chi connectivity index (χ0v) is 12.7. The van der Waals surface area contributed by atoms with Gasteiger partial charge in [-0.25, -0.2) is 9.97 Å². The number of nitrogens with one attached hydrogen (secondary N) is 1. The van der Waals surface area contributed by atoms with Gasteiger partial charge in [0.2, 0.25) is 5.91 Å². The topological polar surface area (TPSA) is 80.9 Å². The van der Waals surface area contributed by atoms with Gasteiger partial charge in [-0.15, -0.1) is 0 Å². The summed E-state index contributed by atoms with van der Waals surface area (Å²) in [6.07, 6.45) is 1.79. The predicted octanol–water partition coefficient (Wildman–Crippen LogP) is 3.32. The predicted molar refractivity (Wildman–Crippen MR) is 88.8 cm³/mol. The second-order valence-corrected chi connectivity index (χ2v) is 5.82. The van der Waals surface area contributed by atoms with Crippen molar-refractivity contribution in [3.63, 3.8) is 0 Å². The lowest BCUT2D eigenvalue weighted by Crippen LogP contribution is -2.05. The Kier molecular flexibility index (Phi) is 3.93. The number of carbonyl (C=O) groups is 1. The largest absolute Gasteiger partial charge is 0.399 e. The summed E-state index contributed by atoms with van der Waals surface area (Å²) in [6, 6.07) is 13.1.